The molecule has 0 spiro atoms. The van der Waals surface area contributed by atoms with Crippen molar-refractivity contribution in [3.63, 3.8) is 0 Å². The van der Waals surface area contributed by atoms with Gasteiger partial charge in [0.25, 0.3) is 0 Å². The Morgan fingerprint density at radius 2 is 1.50 bits per heavy atom. The summed E-state index contributed by atoms with van der Waals surface area (Å²) in [4.78, 5) is 0. The molecular formula is C12H25OW. The van der Waals surface area contributed by atoms with E-state index in [1.54, 1.807) is 19.8 Å². The Morgan fingerprint density at radius 1 is 0.929 bits per heavy atom. The average molecular weight is 369 g/mol. The van der Waals surface area contributed by atoms with E-state index in [2.05, 4.69) is 34.6 Å². The molecule has 0 heterocycles. The minimum absolute atomic E-state index is 0.456. The van der Waals surface area contributed by atoms with E-state index < -0.39 is 0 Å². The van der Waals surface area contributed by atoms with Gasteiger partial charge in [-0.15, -0.1) is 0 Å². The Bertz CT molecular complexity index is 123. The quantitative estimate of drug-likeness (QED) is 0.644. The van der Waals surface area contributed by atoms with Crippen molar-refractivity contribution in [1.82, 2.24) is 0 Å². The summed E-state index contributed by atoms with van der Waals surface area (Å²) in [5, 5.41) is 0. The summed E-state index contributed by atoms with van der Waals surface area (Å²) in [6.07, 6.45) is 3.64. The van der Waals surface area contributed by atoms with Gasteiger partial charge in [-0.3, -0.25) is 0 Å². The van der Waals surface area contributed by atoms with Crippen molar-refractivity contribution < 1.29 is 24.6 Å². The molecule has 0 aliphatic carbocycles. The van der Waals surface area contributed by atoms with Crippen LogP contribution in [0.1, 0.15) is 53.9 Å². The van der Waals surface area contributed by atoms with Crippen LogP contribution in [0.5, 0.6) is 0 Å². The first-order valence-corrected chi connectivity index (χ1v) is 6.96. The summed E-state index contributed by atoms with van der Waals surface area (Å²) in [5.41, 5.74) is 0.456. The first-order chi connectivity index (χ1) is 6.21. The molecule has 1 nitrogen and oxygen atoms in total. The van der Waals surface area contributed by atoms with E-state index in [0.717, 1.165) is 13.2 Å². The molecule has 0 aromatic rings. The van der Waals surface area contributed by atoms with Crippen molar-refractivity contribution in [2.75, 3.05) is 13.2 Å². The Labute approximate surface area is 101 Å². The molecule has 0 saturated heterocycles. The van der Waals surface area contributed by atoms with Crippen molar-refractivity contribution >= 4 is 0 Å². The molecule has 0 aliphatic rings. The van der Waals surface area contributed by atoms with Gasteiger partial charge in [0.05, 0.1) is 0 Å². The summed E-state index contributed by atoms with van der Waals surface area (Å²) in [6.45, 7) is 13.3. The van der Waals surface area contributed by atoms with E-state index in [1.165, 1.54) is 19.3 Å². The normalized spacial score (nSPS) is 13.2. The summed E-state index contributed by atoms with van der Waals surface area (Å²) in [7, 11) is 0. The Hall–Kier alpha value is 0.648. The second-order valence-corrected chi connectivity index (χ2v) is 9.76. The van der Waals surface area contributed by atoms with E-state index >= 15 is 0 Å². The molecule has 0 radical (unpaired) electrons. The Morgan fingerprint density at radius 3 is 1.93 bits per heavy atom. The van der Waals surface area contributed by atoms with Crippen LogP contribution in [0, 0.1) is 5.41 Å². The summed E-state index contributed by atoms with van der Waals surface area (Å²) in [6, 6.07) is 0. The van der Waals surface area contributed by atoms with Gasteiger partial charge in [-0.25, -0.2) is 0 Å². The summed E-state index contributed by atoms with van der Waals surface area (Å²) < 4.78 is 6.11. The monoisotopic (exact) mass is 369 g/mol. The molecule has 2 heteroatoms. The van der Waals surface area contributed by atoms with Crippen LogP contribution in [0.25, 0.3) is 0 Å². The zero-order valence-corrected chi connectivity index (χ0v) is 13.3. The fourth-order valence-corrected chi connectivity index (χ4v) is 1.42. The number of hydrogen-bond acceptors (Lipinski definition) is 1. The van der Waals surface area contributed by atoms with E-state index in [0.29, 0.717) is 9.22 Å². The fourth-order valence-electron chi connectivity index (χ4n) is 1.12. The van der Waals surface area contributed by atoms with E-state index in [-0.39, 0.29) is 0 Å². The van der Waals surface area contributed by atoms with E-state index in [1.807, 2.05) is 0 Å². The topological polar surface area (TPSA) is 9.23 Å². The molecule has 0 aliphatic heterocycles. The van der Waals surface area contributed by atoms with Crippen LogP contribution in [0.15, 0.2) is 0 Å². The van der Waals surface area contributed by atoms with Crippen LogP contribution >= 0.6 is 0 Å². The molecule has 0 aromatic heterocycles. The van der Waals surface area contributed by atoms with Gasteiger partial charge in [0.15, 0.2) is 0 Å². The molecule has 0 rings (SSSR count). The van der Waals surface area contributed by atoms with Crippen LogP contribution in [0.3, 0.4) is 0 Å². The first kappa shape index (κ1) is 14.6. The van der Waals surface area contributed by atoms with Gasteiger partial charge in [-0.05, 0) is 0 Å². The van der Waals surface area contributed by atoms with Crippen LogP contribution in [-0.4, -0.2) is 13.2 Å². The van der Waals surface area contributed by atoms with Crippen molar-refractivity contribution in [2.24, 2.45) is 5.41 Å². The maximum absolute atomic E-state index is 5.62. The third-order valence-corrected chi connectivity index (χ3v) is 2.80. The number of ether oxygens (including phenoxy) is 1. The predicted molar refractivity (Wildman–Crippen MR) is 58.2 cm³/mol. The van der Waals surface area contributed by atoms with Gasteiger partial charge in [-0.2, -0.15) is 0 Å². The fraction of sp³-hybridized carbons (Fsp3) is 1.00. The van der Waals surface area contributed by atoms with Crippen LogP contribution in [-0.2, 0) is 24.6 Å². The molecule has 0 amide bonds. The van der Waals surface area contributed by atoms with E-state index in [4.69, 9.17) is 4.74 Å². The van der Waals surface area contributed by atoms with Gasteiger partial charge < -0.3 is 0 Å². The zero-order valence-electron chi connectivity index (χ0n) is 10.4. The molecule has 0 N–H and O–H groups in total. The molecule has 14 heavy (non-hydrogen) atoms. The van der Waals surface area contributed by atoms with Crippen molar-refractivity contribution in [2.45, 2.75) is 57.7 Å². The molecule has 0 aromatic carbocycles. The first-order valence-electron chi connectivity index (χ1n) is 5.49. The second-order valence-electron chi connectivity index (χ2n) is 5.79. The minimum atomic E-state index is 0.456. The number of hydrogen-bond donors (Lipinski definition) is 0. The third-order valence-electron chi connectivity index (χ3n) is 2.06. The maximum atomic E-state index is 5.62. The predicted octanol–water partition coefficient (Wildman–Crippen LogP) is 3.96. The molecule has 0 bridgehead atoms. The summed E-state index contributed by atoms with van der Waals surface area (Å²) >= 11 is 1.66. The van der Waals surface area contributed by atoms with Crippen molar-refractivity contribution in [3.05, 3.63) is 0 Å². The molecule has 0 fully saturated rings. The Balaban J connectivity index is 3.23. The molecule has 0 atom stereocenters. The SMILES string of the molecule is CC(C)(C)CCCOCC[C](C)(C)[W]. The molecule has 85 valence electrons. The summed E-state index contributed by atoms with van der Waals surface area (Å²) in [5.74, 6) is 0. The standard InChI is InChI=1S/C12H25O.W/c1-11(2)7-10-13-9-6-8-12(3,4)5;/h6-10H2,1-5H3;. The van der Waals surface area contributed by atoms with Gasteiger partial charge in [0, 0.05) is 0 Å². The average Bonchev–Trinajstić information content (AvgIpc) is 1.92. The van der Waals surface area contributed by atoms with Gasteiger partial charge in [-0.1, -0.05) is 0 Å². The zero-order chi connectivity index (χ0) is 11.2. The van der Waals surface area contributed by atoms with Gasteiger partial charge in [0.2, 0.25) is 0 Å². The molecule has 0 saturated carbocycles. The van der Waals surface area contributed by atoms with E-state index in [9.17, 15) is 0 Å². The van der Waals surface area contributed by atoms with Gasteiger partial charge in [0.1, 0.15) is 0 Å². The van der Waals surface area contributed by atoms with Crippen LogP contribution in [0.4, 0.5) is 0 Å². The van der Waals surface area contributed by atoms with Crippen molar-refractivity contribution in [1.29, 1.82) is 0 Å². The van der Waals surface area contributed by atoms with Gasteiger partial charge >= 0.3 is 101 Å². The van der Waals surface area contributed by atoms with Crippen molar-refractivity contribution in [3.8, 4) is 0 Å². The molecular weight excluding hydrogens is 344 g/mol. The van der Waals surface area contributed by atoms with Crippen LogP contribution in [0.2, 0.25) is 3.80 Å². The Kier molecular flexibility index (Phi) is 6.57. The van der Waals surface area contributed by atoms with Crippen LogP contribution < -0.4 is 0 Å². The molecule has 0 unspecified atom stereocenters. The number of rotatable bonds is 6. The second kappa shape index (κ2) is 6.28. The third kappa shape index (κ3) is 12.6.